The van der Waals surface area contributed by atoms with Crippen molar-refractivity contribution in [3.8, 4) is 17.1 Å². The zero-order valence-electron chi connectivity index (χ0n) is 13.4. The van der Waals surface area contributed by atoms with Crippen molar-refractivity contribution in [1.29, 1.82) is 0 Å². The first-order valence-electron chi connectivity index (χ1n) is 7.52. The summed E-state index contributed by atoms with van der Waals surface area (Å²) in [5, 5.41) is 0.695. The van der Waals surface area contributed by atoms with E-state index >= 15 is 0 Å². The van der Waals surface area contributed by atoms with Gasteiger partial charge in [0.2, 0.25) is 0 Å². The maximum absolute atomic E-state index is 12.6. The lowest BCUT2D eigenvalue weighted by Crippen LogP contribution is -2.17. The average Bonchev–Trinajstić information content (AvgIpc) is 3.01. The van der Waals surface area contributed by atoms with Crippen LogP contribution in [-0.4, -0.2) is 12.3 Å². The largest absolute Gasteiger partial charge is 0.573 e. The summed E-state index contributed by atoms with van der Waals surface area (Å²) in [6, 6.07) is 12.5. The van der Waals surface area contributed by atoms with Crippen LogP contribution in [0.1, 0.15) is 5.56 Å². The third-order valence-corrected chi connectivity index (χ3v) is 3.51. The molecule has 4 nitrogen and oxygen atoms in total. The molecule has 0 amide bonds. The first kappa shape index (κ1) is 17.6. The second kappa shape index (κ2) is 6.95. The number of alkyl halides is 3. The Kier molecular flexibility index (Phi) is 4.71. The van der Waals surface area contributed by atoms with E-state index in [9.17, 15) is 18.0 Å². The van der Waals surface area contributed by atoms with Gasteiger partial charge >= 0.3 is 12.3 Å². The summed E-state index contributed by atoms with van der Waals surface area (Å²) in [4.78, 5) is 11.1. The molecule has 0 aliphatic heterocycles. The van der Waals surface area contributed by atoms with E-state index in [1.807, 2.05) is 0 Å². The summed E-state index contributed by atoms with van der Waals surface area (Å²) in [6.45, 7) is 3.34. The van der Waals surface area contributed by atoms with Gasteiger partial charge in [0, 0.05) is 11.5 Å². The SMILES string of the molecule is C=CC(=O)OCc1ccc2cc(-c3ccccc3OC(F)(F)F)oc2c1. The van der Waals surface area contributed by atoms with Gasteiger partial charge in [-0.15, -0.1) is 13.2 Å². The fourth-order valence-corrected chi connectivity index (χ4v) is 2.40. The molecular formula is C19H13F3O4. The van der Waals surface area contributed by atoms with E-state index in [2.05, 4.69) is 11.3 Å². The van der Waals surface area contributed by atoms with Gasteiger partial charge in [-0.05, 0) is 29.8 Å². The summed E-state index contributed by atoms with van der Waals surface area (Å²) < 4.78 is 52.4. The fourth-order valence-electron chi connectivity index (χ4n) is 2.40. The van der Waals surface area contributed by atoms with Crippen molar-refractivity contribution in [3.63, 3.8) is 0 Å². The molecule has 3 rings (SSSR count). The van der Waals surface area contributed by atoms with Gasteiger partial charge in [0.25, 0.3) is 0 Å². The highest BCUT2D eigenvalue weighted by Crippen LogP contribution is 2.36. The van der Waals surface area contributed by atoms with Crippen molar-refractivity contribution in [2.45, 2.75) is 13.0 Å². The molecule has 0 aliphatic rings. The van der Waals surface area contributed by atoms with Crippen LogP contribution in [0.25, 0.3) is 22.3 Å². The molecule has 0 saturated carbocycles. The summed E-state index contributed by atoms with van der Waals surface area (Å²) in [7, 11) is 0. The van der Waals surface area contributed by atoms with Gasteiger partial charge < -0.3 is 13.9 Å². The van der Waals surface area contributed by atoms with Crippen molar-refractivity contribution >= 4 is 16.9 Å². The van der Waals surface area contributed by atoms with E-state index in [-0.39, 0.29) is 23.7 Å². The molecule has 26 heavy (non-hydrogen) atoms. The van der Waals surface area contributed by atoms with E-state index in [0.717, 1.165) is 6.08 Å². The van der Waals surface area contributed by atoms with Gasteiger partial charge in [-0.1, -0.05) is 30.8 Å². The van der Waals surface area contributed by atoms with E-state index in [1.54, 1.807) is 30.3 Å². The van der Waals surface area contributed by atoms with Gasteiger partial charge in [0.15, 0.2) is 0 Å². The monoisotopic (exact) mass is 362 g/mol. The molecule has 0 N–H and O–H groups in total. The molecule has 0 spiro atoms. The number of halogens is 3. The molecule has 0 saturated heterocycles. The predicted molar refractivity (Wildman–Crippen MR) is 88.3 cm³/mol. The standard InChI is InChI=1S/C19H13F3O4/c1-2-18(23)24-11-12-7-8-13-10-17(25-16(13)9-12)14-5-3-4-6-15(14)26-19(20,21)22/h2-10H,1,11H2. The molecular weight excluding hydrogens is 349 g/mol. The average molecular weight is 362 g/mol. The van der Waals surface area contributed by atoms with Crippen LogP contribution in [0.15, 0.2) is 65.6 Å². The van der Waals surface area contributed by atoms with E-state index < -0.39 is 12.3 Å². The smallest absolute Gasteiger partial charge is 0.458 e. The van der Waals surface area contributed by atoms with Crippen LogP contribution < -0.4 is 4.74 Å². The maximum Gasteiger partial charge on any atom is 0.573 e. The molecule has 2 aromatic carbocycles. The Labute approximate surface area is 146 Å². The molecule has 134 valence electrons. The summed E-state index contributed by atoms with van der Waals surface area (Å²) in [6.07, 6.45) is -3.74. The first-order chi connectivity index (χ1) is 12.4. The third kappa shape index (κ3) is 4.05. The van der Waals surface area contributed by atoms with Crippen LogP contribution >= 0.6 is 0 Å². The highest BCUT2D eigenvalue weighted by atomic mass is 19.4. The quantitative estimate of drug-likeness (QED) is 0.461. The van der Waals surface area contributed by atoms with E-state index in [4.69, 9.17) is 9.15 Å². The van der Waals surface area contributed by atoms with Gasteiger partial charge in [-0.25, -0.2) is 4.79 Å². The molecule has 0 radical (unpaired) electrons. The summed E-state index contributed by atoms with van der Waals surface area (Å²) in [5.74, 6) is -0.664. The number of para-hydroxylation sites is 1. The lowest BCUT2D eigenvalue weighted by Gasteiger charge is -2.11. The number of rotatable bonds is 5. The number of hydrogen-bond acceptors (Lipinski definition) is 4. The number of furan rings is 1. The highest BCUT2D eigenvalue weighted by Gasteiger charge is 2.32. The Balaban J connectivity index is 1.92. The van der Waals surface area contributed by atoms with Gasteiger partial charge in [0.1, 0.15) is 23.7 Å². The molecule has 3 aromatic rings. The maximum atomic E-state index is 12.6. The van der Waals surface area contributed by atoms with Crippen molar-refractivity contribution < 1.29 is 31.9 Å². The lowest BCUT2D eigenvalue weighted by molar-refractivity contribution is -0.274. The molecule has 7 heteroatoms. The summed E-state index contributed by atoms with van der Waals surface area (Å²) in [5.41, 5.74) is 1.31. The van der Waals surface area contributed by atoms with Crippen molar-refractivity contribution in [1.82, 2.24) is 0 Å². The Morgan fingerprint density at radius 2 is 1.92 bits per heavy atom. The van der Waals surface area contributed by atoms with E-state index in [1.165, 1.54) is 18.2 Å². The molecule has 0 atom stereocenters. The Hall–Kier alpha value is -3.22. The lowest BCUT2D eigenvalue weighted by atomic mass is 10.1. The van der Waals surface area contributed by atoms with Crippen LogP contribution in [0.3, 0.4) is 0 Å². The molecule has 1 aromatic heterocycles. The van der Waals surface area contributed by atoms with Crippen molar-refractivity contribution in [3.05, 3.63) is 66.7 Å². The molecule has 1 heterocycles. The van der Waals surface area contributed by atoms with Gasteiger partial charge in [-0.3, -0.25) is 0 Å². The first-order valence-corrected chi connectivity index (χ1v) is 7.52. The van der Waals surface area contributed by atoms with Crippen LogP contribution in [-0.2, 0) is 16.1 Å². The van der Waals surface area contributed by atoms with Crippen LogP contribution in [0, 0.1) is 0 Å². The number of esters is 1. The minimum Gasteiger partial charge on any atom is -0.458 e. The minimum absolute atomic E-state index is 0.0323. The number of carbonyl (C=O) groups is 1. The Morgan fingerprint density at radius 1 is 1.15 bits per heavy atom. The molecule has 0 bridgehead atoms. The number of ether oxygens (including phenoxy) is 2. The van der Waals surface area contributed by atoms with E-state index in [0.29, 0.717) is 16.5 Å². The van der Waals surface area contributed by atoms with Gasteiger partial charge in [-0.2, -0.15) is 0 Å². The number of benzene rings is 2. The molecule has 0 fully saturated rings. The Bertz CT molecular complexity index is 957. The van der Waals surface area contributed by atoms with Crippen molar-refractivity contribution in [2.75, 3.05) is 0 Å². The van der Waals surface area contributed by atoms with Crippen LogP contribution in [0.5, 0.6) is 5.75 Å². The summed E-state index contributed by atoms with van der Waals surface area (Å²) >= 11 is 0. The second-order valence-corrected chi connectivity index (χ2v) is 5.34. The zero-order chi connectivity index (χ0) is 18.7. The zero-order valence-corrected chi connectivity index (χ0v) is 13.4. The van der Waals surface area contributed by atoms with Crippen molar-refractivity contribution in [2.24, 2.45) is 0 Å². The predicted octanol–water partition coefficient (Wildman–Crippen LogP) is 5.23. The Morgan fingerprint density at radius 3 is 2.65 bits per heavy atom. The fraction of sp³-hybridized carbons (Fsp3) is 0.105. The number of hydrogen-bond donors (Lipinski definition) is 0. The van der Waals surface area contributed by atoms with Crippen LogP contribution in [0.4, 0.5) is 13.2 Å². The normalized spacial score (nSPS) is 11.3. The molecule has 0 unspecified atom stereocenters. The van der Waals surface area contributed by atoms with Gasteiger partial charge in [0.05, 0.1) is 5.56 Å². The molecule has 0 aliphatic carbocycles. The minimum atomic E-state index is -4.80. The second-order valence-electron chi connectivity index (χ2n) is 5.34. The highest BCUT2D eigenvalue weighted by molar-refractivity contribution is 5.85. The van der Waals surface area contributed by atoms with Crippen LogP contribution in [0.2, 0.25) is 0 Å². The third-order valence-electron chi connectivity index (χ3n) is 3.51. The number of carbonyl (C=O) groups excluding carboxylic acids is 1. The topological polar surface area (TPSA) is 48.7 Å². The number of fused-ring (bicyclic) bond motifs is 1.